The van der Waals surface area contributed by atoms with Crippen LogP contribution in [-0.4, -0.2) is 17.7 Å². The minimum absolute atomic E-state index is 0. The summed E-state index contributed by atoms with van der Waals surface area (Å²) >= 11 is 5.83. The molecule has 0 bridgehead atoms. The van der Waals surface area contributed by atoms with E-state index in [-0.39, 0.29) is 38.4 Å². The molecule has 0 aliphatic rings. The molecule has 2 N–H and O–H groups in total. The zero-order chi connectivity index (χ0) is 16.7. The topological polar surface area (TPSA) is 72.1 Å². The summed E-state index contributed by atoms with van der Waals surface area (Å²) in [5.74, 6) is 6.26. The predicted octanol–water partition coefficient (Wildman–Crippen LogP) is 4.27. The Morgan fingerprint density at radius 1 is 1.42 bits per heavy atom. The van der Waals surface area contributed by atoms with Crippen LogP contribution >= 0.6 is 11.6 Å². The maximum absolute atomic E-state index is 8.16. The minimum Gasteiger partial charge on any atom is -0.563 e. The minimum atomic E-state index is 0. The number of hydrogen-bond acceptors (Lipinski definition) is 4. The number of anilines is 1. The molecule has 0 fully saturated rings. The van der Waals surface area contributed by atoms with Gasteiger partial charge >= 0.3 is 0 Å². The molecule has 0 amide bonds. The van der Waals surface area contributed by atoms with Crippen molar-refractivity contribution in [2.45, 2.75) is 0 Å². The standard InChI is InChI=1S/C17H14ClN4O.Y/c1-3-23-22-14-10-15(17(20-2)21-11-14)16(19)9-6-12-4-7-13(18)8-5-12;/h3-5,7-8,10-11,19H,1H2,2H3,(H,20,21);/q-1;. The monoisotopic (exact) mass is 414 g/mol. The third kappa shape index (κ3) is 5.65. The summed E-state index contributed by atoms with van der Waals surface area (Å²) in [6.45, 7) is 3.41. The van der Waals surface area contributed by atoms with Gasteiger partial charge in [-0.2, -0.15) is 0 Å². The molecule has 1 heterocycles. The second-order valence-electron chi connectivity index (χ2n) is 4.33. The molecule has 0 unspecified atom stereocenters. The van der Waals surface area contributed by atoms with E-state index in [1.165, 1.54) is 12.5 Å². The van der Waals surface area contributed by atoms with Gasteiger partial charge in [0.15, 0.2) is 0 Å². The molecule has 2 aromatic rings. The van der Waals surface area contributed by atoms with Crippen molar-refractivity contribution in [2.75, 3.05) is 12.4 Å². The molecule has 0 aliphatic carbocycles. The Labute approximate surface area is 171 Å². The van der Waals surface area contributed by atoms with Crippen LogP contribution in [0.1, 0.15) is 11.1 Å². The quantitative estimate of drug-likeness (QED) is 0.332. The smallest absolute Gasteiger partial charge is 0.135 e. The molecule has 1 aromatic carbocycles. The number of hydrogen-bond donors (Lipinski definition) is 2. The van der Waals surface area contributed by atoms with Crippen LogP contribution in [0, 0.1) is 17.3 Å². The Kier molecular flexibility index (Phi) is 8.49. The largest absolute Gasteiger partial charge is 0.563 e. The molecule has 5 nitrogen and oxygen atoms in total. The Morgan fingerprint density at radius 2 is 2.12 bits per heavy atom. The molecule has 1 aromatic heterocycles. The van der Waals surface area contributed by atoms with Gasteiger partial charge in [-0.05, 0) is 30.2 Å². The van der Waals surface area contributed by atoms with E-state index >= 15 is 0 Å². The Hall–Kier alpha value is -1.87. The van der Waals surface area contributed by atoms with Gasteiger partial charge in [-0.15, -0.1) is 0 Å². The molecule has 119 valence electrons. The second-order valence-corrected chi connectivity index (χ2v) is 4.77. The first-order valence-corrected chi connectivity index (χ1v) is 7.04. The maximum atomic E-state index is 8.16. The number of benzene rings is 1. The van der Waals surface area contributed by atoms with Gasteiger partial charge < -0.3 is 15.6 Å². The van der Waals surface area contributed by atoms with Crippen molar-refractivity contribution in [3.05, 3.63) is 71.0 Å². The fraction of sp³-hybridized carbons (Fsp3) is 0.0588. The van der Waals surface area contributed by atoms with Crippen LogP contribution in [0.4, 0.5) is 11.5 Å². The number of halogens is 1. The summed E-state index contributed by atoms with van der Waals surface area (Å²) < 4.78 is 0. The second kappa shape index (κ2) is 10.1. The summed E-state index contributed by atoms with van der Waals surface area (Å²) in [5.41, 5.74) is 5.69. The molecule has 0 atom stereocenters. The van der Waals surface area contributed by atoms with Crippen LogP contribution in [-0.2, 0) is 37.5 Å². The average Bonchev–Trinajstić information content (AvgIpc) is 2.59. The van der Waals surface area contributed by atoms with Crippen LogP contribution in [0.3, 0.4) is 0 Å². The van der Waals surface area contributed by atoms with Gasteiger partial charge in [0, 0.05) is 62.1 Å². The fourth-order valence-electron chi connectivity index (χ4n) is 1.73. The van der Waals surface area contributed by atoms with Gasteiger partial charge in [-0.1, -0.05) is 35.9 Å². The number of aromatic nitrogens is 1. The van der Waals surface area contributed by atoms with Crippen molar-refractivity contribution >= 4 is 28.8 Å². The summed E-state index contributed by atoms with van der Waals surface area (Å²) in [6.07, 6.45) is 2.73. The van der Waals surface area contributed by atoms with Crippen LogP contribution < -0.4 is 5.32 Å². The molecule has 2 rings (SSSR count). The van der Waals surface area contributed by atoms with E-state index in [2.05, 4.69) is 34.2 Å². The van der Waals surface area contributed by atoms with Crippen molar-refractivity contribution in [1.82, 2.24) is 4.98 Å². The average molecular weight is 415 g/mol. The van der Waals surface area contributed by atoms with Crippen LogP contribution in [0.15, 0.2) is 49.4 Å². The third-order valence-electron chi connectivity index (χ3n) is 2.79. The van der Waals surface area contributed by atoms with Gasteiger partial charge in [-0.25, -0.2) is 4.98 Å². The molecule has 7 heteroatoms. The molecule has 0 spiro atoms. The first-order valence-electron chi connectivity index (χ1n) is 6.66. The molecule has 24 heavy (non-hydrogen) atoms. The van der Waals surface area contributed by atoms with Crippen molar-refractivity contribution in [2.24, 2.45) is 0 Å². The van der Waals surface area contributed by atoms with E-state index in [9.17, 15) is 0 Å². The van der Waals surface area contributed by atoms with E-state index in [0.717, 1.165) is 5.56 Å². The number of rotatable bonds is 5. The van der Waals surface area contributed by atoms with Crippen molar-refractivity contribution in [3.63, 3.8) is 0 Å². The van der Waals surface area contributed by atoms with Crippen LogP contribution in [0.2, 0.25) is 5.02 Å². The van der Waals surface area contributed by atoms with Crippen LogP contribution in [0.5, 0.6) is 0 Å². The van der Waals surface area contributed by atoms with Crippen molar-refractivity contribution in [1.29, 1.82) is 5.41 Å². The summed E-state index contributed by atoms with van der Waals surface area (Å²) in [5, 5.41) is 11.7. The van der Waals surface area contributed by atoms with Crippen molar-refractivity contribution in [3.8, 4) is 11.8 Å². The Morgan fingerprint density at radius 3 is 2.75 bits per heavy atom. The van der Waals surface area contributed by atoms with Gasteiger partial charge in [-0.3, -0.25) is 5.41 Å². The molecular formula is C17H14ClN4OY-. The van der Waals surface area contributed by atoms with Crippen molar-refractivity contribution < 1.29 is 37.5 Å². The van der Waals surface area contributed by atoms with Gasteiger partial charge in [0.25, 0.3) is 0 Å². The normalized spacial score (nSPS) is 8.92. The summed E-state index contributed by atoms with van der Waals surface area (Å²) in [6, 6.07) is 8.76. The van der Waals surface area contributed by atoms with E-state index in [1.54, 1.807) is 37.4 Å². The van der Waals surface area contributed by atoms with Gasteiger partial charge in [0.2, 0.25) is 0 Å². The third-order valence-corrected chi connectivity index (χ3v) is 3.04. The zero-order valence-corrected chi connectivity index (χ0v) is 16.6. The van der Waals surface area contributed by atoms with Gasteiger partial charge in [0.05, 0.1) is 6.26 Å². The van der Waals surface area contributed by atoms with Crippen LogP contribution in [0.25, 0.3) is 5.48 Å². The van der Waals surface area contributed by atoms with E-state index < -0.39 is 0 Å². The van der Waals surface area contributed by atoms with Gasteiger partial charge in [0.1, 0.15) is 11.5 Å². The fourth-order valence-corrected chi connectivity index (χ4v) is 1.85. The molecule has 0 saturated heterocycles. The Balaban J connectivity index is 0.00000288. The number of pyridine rings is 1. The number of nitrogens with zero attached hydrogens (tertiary/aromatic N) is 2. The maximum Gasteiger partial charge on any atom is 0.135 e. The first-order chi connectivity index (χ1) is 11.1. The number of nitrogens with one attached hydrogen (secondary N) is 2. The first kappa shape index (κ1) is 20.2. The predicted molar refractivity (Wildman–Crippen MR) is 93.2 cm³/mol. The molecular weight excluding hydrogens is 401 g/mol. The summed E-state index contributed by atoms with van der Waals surface area (Å²) in [7, 11) is 1.72. The summed E-state index contributed by atoms with van der Waals surface area (Å²) in [4.78, 5) is 8.97. The van der Waals surface area contributed by atoms with E-state index in [1.807, 2.05) is 0 Å². The molecule has 0 aliphatic heterocycles. The zero-order valence-electron chi connectivity index (χ0n) is 13.0. The molecule has 0 saturated carbocycles. The Bertz CT molecular complexity index is 781. The van der Waals surface area contributed by atoms with E-state index in [4.69, 9.17) is 21.8 Å². The molecule has 1 radical (unpaired) electrons. The SMILES string of the molecule is C=CO[N-]c1cnc(NC)c(C(=N)C#Cc2ccc(Cl)cc2)c1.[Y]. The van der Waals surface area contributed by atoms with E-state index in [0.29, 0.717) is 22.1 Å².